The number of hydrogen-bond acceptors (Lipinski definition) is 5. The molecular weight excluding hydrogens is 238 g/mol. The van der Waals surface area contributed by atoms with Crippen molar-refractivity contribution in [2.45, 2.75) is 39.5 Å². The van der Waals surface area contributed by atoms with Crippen LogP contribution in [0, 0.1) is 5.92 Å². The van der Waals surface area contributed by atoms with E-state index in [4.69, 9.17) is 5.11 Å². The van der Waals surface area contributed by atoms with Crippen LogP contribution in [0.25, 0.3) is 0 Å². The van der Waals surface area contributed by atoms with Crippen LogP contribution in [-0.4, -0.2) is 27.0 Å². The molecule has 1 atom stereocenters. The van der Waals surface area contributed by atoms with Crippen LogP contribution >= 0.6 is 11.5 Å². The van der Waals surface area contributed by atoms with Gasteiger partial charge in [-0.25, -0.2) is 4.98 Å². The van der Waals surface area contributed by atoms with Crippen molar-refractivity contribution in [3.05, 3.63) is 5.82 Å². The first kappa shape index (κ1) is 13.9. The average molecular weight is 257 g/mol. The average Bonchev–Trinajstić information content (AvgIpc) is 2.72. The van der Waals surface area contributed by atoms with Crippen molar-refractivity contribution < 1.29 is 9.90 Å². The van der Waals surface area contributed by atoms with E-state index in [2.05, 4.69) is 28.5 Å². The summed E-state index contributed by atoms with van der Waals surface area (Å²) in [5, 5.41) is 12.7. The van der Waals surface area contributed by atoms with Gasteiger partial charge in [0.2, 0.25) is 5.13 Å². The van der Waals surface area contributed by atoms with Gasteiger partial charge in [-0.3, -0.25) is 4.79 Å². The molecular formula is C11H19N3O2S. The molecule has 0 radical (unpaired) electrons. The standard InChI is InChI=1S/C11H19N3O2S/c1-7(2)9-13-11(17-14-9)12-6-4-5-8(3)10(15)16/h7-8H,4-6H2,1-3H3,(H,15,16)(H,12,13,14). The minimum absolute atomic E-state index is 0.280. The van der Waals surface area contributed by atoms with E-state index in [0.29, 0.717) is 12.3 Å². The molecule has 0 saturated carbocycles. The van der Waals surface area contributed by atoms with Gasteiger partial charge in [0.1, 0.15) is 5.82 Å². The minimum atomic E-state index is -0.733. The normalized spacial score (nSPS) is 12.7. The number of nitrogens with one attached hydrogen (secondary N) is 1. The SMILES string of the molecule is CC(CCCNc1nc(C(C)C)ns1)C(=O)O. The quantitative estimate of drug-likeness (QED) is 0.734. The maximum absolute atomic E-state index is 10.6. The number of rotatable bonds is 7. The third kappa shape index (κ3) is 4.68. The highest BCUT2D eigenvalue weighted by atomic mass is 32.1. The fourth-order valence-corrected chi connectivity index (χ4v) is 2.00. The molecule has 17 heavy (non-hydrogen) atoms. The first-order valence-electron chi connectivity index (χ1n) is 5.81. The second-order valence-corrected chi connectivity index (χ2v) is 5.17. The highest BCUT2D eigenvalue weighted by Crippen LogP contribution is 2.17. The zero-order valence-corrected chi connectivity index (χ0v) is 11.3. The van der Waals surface area contributed by atoms with Crippen molar-refractivity contribution in [3.8, 4) is 0 Å². The topological polar surface area (TPSA) is 75.1 Å². The summed E-state index contributed by atoms with van der Waals surface area (Å²) in [5.41, 5.74) is 0. The van der Waals surface area contributed by atoms with Crippen LogP contribution in [0.2, 0.25) is 0 Å². The molecule has 1 rings (SSSR count). The number of carboxylic acids is 1. The summed E-state index contributed by atoms with van der Waals surface area (Å²) in [6.07, 6.45) is 1.50. The Hall–Kier alpha value is -1.17. The summed E-state index contributed by atoms with van der Waals surface area (Å²) in [6, 6.07) is 0. The molecule has 0 spiro atoms. The highest BCUT2D eigenvalue weighted by Gasteiger charge is 2.10. The van der Waals surface area contributed by atoms with Gasteiger partial charge in [-0.05, 0) is 12.8 Å². The monoisotopic (exact) mass is 257 g/mol. The molecule has 1 heterocycles. The Labute approximate surface area is 105 Å². The molecule has 0 fully saturated rings. The number of carbonyl (C=O) groups is 1. The second kappa shape index (κ2) is 6.54. The van der Waals surface area contributed by atoms with Gasteiger partial charge in [-0.2, -0.15) is 4.37 Å². The Morgan fingerprint density at radius 1 is 1.47 bits per heavy atom. The lowest BCUT2D eigenvalue weighted by atomic mass is 10.1. The van der Waals surface area contributed by atoms with Crippen LogP contribution in [-0.2, 0) is 4.79 Å². The molecule has 0 amide bonds. The van der Waals surface area contributed by atoms with Crippen molar-refractivity contribution in [1.82, 2.24) is 9.36 Å². The van der Waals surface area contributed by atoms with E-state index in [0.717, 1.165) is 23.9 Å². The Morgan fingerprint density at radius 3 is 2.71 bits per heavy atom. The Morgan fingerprint density at radius 2 is 2.18 bits per heavy atom. The largest absolute Gasteiger partial charge is 0.481 e. The third-order valence-electron chi connectivity index (χ3n) is 2.47. The number of carboxylic acid groups (broad SMARTS) is 1. The number of aliphatic carboxylic acids is 1. The van der Waals surface area contributed by atoms with Gasteiger partial charge in [0.15, 0.2) is 0 Å². The Balaban J connectivity index is 2.24. The first-order chi connectivity index (χ1) is 8.00. The maximum atomic E-state index is 10.6. The number of anilines is 1. The lowest BCUT2D eigenvalue weighted by Gasteiger charge is -2.05. The van der Waals surface area contributed by atoms with Crippen molar-refractivity contribution in [2.75, 3.05) is 11.9 Å². The first-order valence-corrected chi connectivity index (χ1v) is 6.58. The van der Waals surface area contributed by atoms with E-state index in [9.17, 15) is 4.79 Å². The van der Waals surface area contributed by atoms with Crippen LogP contribution in [0.3, 0.4) is 0 Å². The van der Waals surface area contributed by atoms with E-state index in [1.165, 1.54) is 11.5 Å². The summed E-state index contributed by atoms with van der Waals surface area (Å²) in [5.74, 6) is 0.186. The molecule has 0 bridgehead atoms. The number of nitrogens with zero attached hydrogens (tertiary/aromatic N) is 2. The molecule has 6 heteroatoms. The Bertz CT molecular complexity index is 365. The van der Waals surface area contributed by atoms with Crippen molar-refractivity contribution >= 4 is 22.6 Å². The molecule has 1 aromatic heterocycles. The van der Waals surface area contributed by atoms with Gasteiger partial charge in [0.25, 0.3) is 0 Å². The van der Waals surface area contributed by atoms with Crippen molar-refractivity contribution in [2.24, 2.45) is 5.92 Å². The molecule has 96 valence electrons. The molecule has 0 aliphatic carbocycles. The molecule has 2 N–H and O–H groups in total. The van der Waals surface area contributed by atoms with Crippen LogP contribution < -0.4 is 5.32 Å². The van der Waals surface area contributed by atoms with Crippen molar-refractivity contribution in [1.29, 1.82) is 0 Å². The summed E-state index contributed by atoms with van der Waals surface area (Å²) < 4.78 is 4.23. The minimum Gasteiger partial charge on any atom is -0.481 e. The lowest BCUT2D eigenvalue weighted by Crippen LogP contribution is -2.11. The molecule has 0 aromatic carbocycles. The van der Waals surface area contributed by atoms with Gasteiger partial charge in [-0.15, -0.1) is 0 Å². The molecule has 0 aliphatic heterocycles. The van der Waals surface area contributed by atoms with Crippen LogP contribution in [0.4, 0.5) is 5.13 Å². The van der Waals surface area contributed by atoms with Crippen LogP contribution in [0.5, 0.6) is 0 Å². The fraction of sp³-hybridized carbons (Fsp3) is 0.727. The molecule has 0 aliphatic rings. The maximum Gasteiger partial charge on any atom is 0.306 e. The summed E-state index contributed by atoms with van der Waals surface area (Å²) >= 11 is 1.35. The predicted octanol–water partition coefficient (Wildman–Crippen LogP) is 2.57. The third-order valence-corrected chi connectivity index (χ3v) is 3.16. The van der Waals surface area contributed by atoms with E-state index < -0.39 is 5.97 Å². The summed E-state index contributed by atoms with van der Waals surface area (Å²) in [7, 11) is 0. The van der Waals surface area contributed by atoms with Gasteiger partial charge < -0.3 is 10.4 Å². The smallest absolute Gasteiger partial charge is 0.306 e. The van der Waals surface area contributed by atoms with Gasteiger partial charge in [0.05, 0.1) is 5.92 Å². The van der Waals surface area contributed by atoms with Gasteiger partial charge in [0, 0.05) is 24.0 Å². The van der Waals surface area contributed by atoms with Crippen molar-refractivity contribution in [3.63, 3.8) is 0 Å². The molecule has 5 nitrogen and oxygen atoms in total. The number of hydrogen-bond donors (Lipinski definition) is 2. The summed E-state index contributed by atoms with van der Waals surface area (Å²) in [6.45, 7) is 6.58. The molecule has 0 saturated heterocycles. The van der Waals surface area contributed by atoms with Crippen LogP contribution in [0.1, 0.15) is 45.4 Å². The fourth-order valence-electron chi connectivity index (χ4n) is 1.27. The zero-order valence-electron chi connectivity index (χ0n) is 10.4. The second-order valence-electron chi connectivity index (χ2n) is 4.42. The van der Waals surface area contributed by atoms with Gasteiger partial charge >= 0.3 is 5.97 Å². The predicted molar refractivity (Wildman–Crippen MR) is 68.5 cm³/mol. The Kier molecular flexibility index (Phi) is 5.34. The molecule has 1 unspecified atom stereocenters. The number of aromatic nitrogens is 2. The van der Waals surface area contributed by atoms with E-state index >= 15 is 0 Å². The summed E-state index contributed by atoms with van der Waals surface area (Å²) in [4.78, 5) is 14.9. The molecule has 1 aromatic rings. The zero-order chi connectivity index (χ0) is 12.8. The highest BCUT2D eigenvalue weighted by molar-refractivity contribution is 7.09. The van der Waals surface area contributed by atoms with Gasteiger partial charge in [-0.1, -0.05) is 20.8 Å². The lowest BCUT2D eigenvalue weighted by molar-refractivity contribution is -0.141. The van der Waals surface area contributed by atoms with Crippen LogP contribution in [0.15, 0.2) is 0 Å². The van der Waals surface area contributed by atoms with E-state index in [1.807, 2.05) is 0 Å². The van der Waals surface area contributed by atoms with E-state index in [-0.39, 0.29) is 5.92 Å². The van der Waals surface area contributed by atoms with E-state index in [1.54, 1.807) is 6.92 Å².